The third-order valence-corrected chi connectivity index (χ3v) is 3.24. The van der Waals surface area contributed by atoms with Crippen LogP contribution in [0.4, 0.5) is 5.69 Å². The molecule has 0 fully saturated rings. The van der Waals surface area contributed by atoms with E-state index in [1.54, 1.807) is 18.2 Å². The number of non-ortho nitro benzene ring substituents is 1. The van der Waals surface area contributed by atoms with Gasteiger partial charge in [-0.3, -0.25) is 14.9 Å². The highest BCUT2D eigenvalue weighted by Crippen LogP contribution is 2.21. The summed E-state index contributed by atoms with van der Waals surface area (Å²) in [5.41, 5.74) is 0.568. The zero-order chi connectivity index (χ0) is 15.4. The van der Waals surface area contributed by atoms with Gasteiger partial charge in [-0.05, 0) is 12.1 Å². The standard InChI is InChI=1S/C14H11BrN2O4/c15-11-5-10(6-12(7-11)17(20)21)14(19)16-8-9-3-1-2-4-13(9)18/h1-7,18H,8H2,(H,16,19). The van der Waals surface area contributed by atoms with Gasteiger partial charge in [0.15, 0.2) is 0 Å². The van der Waals surface area contributed by atoms with E-state index in [1.165, 1.54) is 24.3 Å². The molecule has 0 unspecified atom stereocenters. The summed E-state index contributed by atoms with van der Waals surface area (Å²) in [4.78, 5) is 22.2. The highest BCUT2D eigenvalue weighted by Gasteiger charge is 2.14. The number of amides is 1. The molecule has 0 spiro atoms. The van der Waals surface area contributed by atoms with Crippen molar-refractivity contribution in [1.29, 1.82) is 0 Å². The molecule has 7 heteroatoms. The van der Waals surface area contributed by atoms with Crippen LogP contribution in [0.15, 0.2) is 46.9 Å². The van der Waals surface area contributed by atoms with Crippen LogP contribution in [0.5, 0.6) is 5.75 Å². The van der Waals surface area contributed by atoms with Crippen molar-refractivity contribution >= 4 is 27.5 Å². The highest BCUT2D eigenvalue weighted by atomic mass is 79.9. The predicted molar refractivity (Wildman–Crippen MR) is 80.1 cm³/mol. The molecule has 0 aromatic heterocycles. The molecule has 0 aliphatic rings. The molecule has 2 rings (SSSR count). The van der Waals surface area contributed by atoms with Gasteiger partial charge in [0.25, 0.3) is 11.6 Å². The van der Waals surface area contributed by atoms with E-state index in [2.05, 4.69) is 21.2 Å². The molecule has 0 radical (unpaired) electrons. The number of nitrogens with zero attached hydrogens (tertiary/aromatic N) is 1. The summed E-state index contributed by atoms with van der Waals surface area (Å²) in [5, 5.41) is 23.0. The molecule has 0 aliphatic carbocycles. The summed E-state index contributed by atoms with van der Waals surface area (Å²) in [5.74, 6) is -0.374. The van der Waals surface area contributed by atoms with Crippen LogP contribution in [-0.4, -0.2) is 15.9 Å². The fourth-order valence-corrected chi connectivity index (χ4v) is 2.23. The first-order valence-electron chi connectivity index (χ1n) is 5.97. The number of aromatic hydroxyl groups is 1. The number of hydrogen-bond acceptors (Lipinski definition) is 4. The maximum Gasteiger partial charge on any atom is 0.271 e. The van der Waals surface area contributed by atoms with Crippen LogP contribution in [0.3, 0.4) is 0 Å². The lowest BCUT2D eigenvalue weighted by Gasteiger charge is -2.07. The normalized spacial score (nSPS) is 10.1. The number of hydrogen-bond donors (Lipinski definition) is 2. The minimum absolute atomic E-state index is 0.0815. The number of carbonyl (C=O) groups is 1. The Labute approximate surface area is 128 Å². The Morgan fingerprint density at radius 3 is 2.67 bits per heavy atom. The first kappa shape index (κ1) is 15.0. The predicted octanol–water partition coefficient (Wildman–Crippen LogP) is 2.99. The maximum atomic E-state index is 12.0. The lowest BCUT2D eigenvalue weighted by Crippen LogP contribution is -2.22. The Morgan fingerprint density at radius 2 is 2.00 bits per heavy atom. The number of phenolic OH excluding ortho intramolecular Hbond substituents is 1. The summed E-state index contributed by atoms with van der Waals surface area (Å²) in [6.07, 6.45) is 0. The van der Waals surface area contributed by atoms with Gasteiger partial charge in [-0.2, -0.15) is 0 Å². The second-order valence-corrected chi connectivity index (χ2v) is 5.18. The lowest BCUT2D eigenvalue weighted by atomic mass is 10.1. The fraction of sp³-hybridized carbons (Fsp3) is 0.0714. The molecule has 2 aromatic rings. The first-order chi connectivity index (χ1) is 9.97. The number of para-hydroxylation sites is 1. The van der Waals surface area contributed by atoms with Gasteiger partial charge >= 0.3 is 0 Å². The maximum absolute atomic E-state index is 12.0. The van der Waals surface area contributed by atoms with E-state index < -0.39 is 10.8 Å². The molecule has 1 amide bonds. The lowest BCUT2D eigenvalue weighted by molar-refractivity contribution is -0.385. The van der Waals surface area contributed by atoms with Crippen molar-refractivity contribution < 1.29 is 14.8 Å². The van der Waals surface area contributed by atoms with Crippen LogP contribution in [0.2, 0.25) is 0 Å². The fourth-order valence-electron chi connectivity index (χ4n) is 1.75. The van der Waals surface area contributed by atoms with Crippen molar-refractivity contribution in [2.45, 2.75) is 6.54 Å². The van der Waals surface area contributed by atoms with Gasteiger partial charge in [-0.1, -0.05) is 34.1 Å². The molecule has 2 N–H and O–H groups in total. The number of carbonyl (C=O) groups excluding carboxylic acids is 1. The number of rotatable bonds is 4. The van der Waals surface area contributed by atoms with Crippen LogP contribution < -0.4 is 5.32 Å². The largest absolute Gasteiger partial charge is 0.508 e. The third kappa shape index (κ3) is 3.79. The second-order valence-electron chi connectivity index (χ2n) is 4.27. The number of nitro benzene ring substituents is 1. The highest BCUT2D eigenvalue weighted by molar-refractivity contribution is 9.10. The number of phenols is 1. The average Bonchev–Trinajstić information content (AvgIpc) is 2.45. The molecule has 6 nitrogen and oxygen atoms in total. The molecule has 0 saturated carbocycles. The van der Waals surface area contributed by atoms with Gasteiger partial charge in [0, 0.05) is 34.3 Å². The van der Waals surface area contributed by atoms with Crippen molar-refractivity contribution in [2.75, 3.05) is 0 Å². The van der Waals surface area contributed by atoms with Gasteiger partial charge in [0.1, 0.15) is 5.75 Å². The number of nitro groups is 1. The third-order valence-electron chi connectivity index (χ3n) is 2.79. The summed E-state index contributed by atoms with van der Waals surface area (Å²) in [6.45, 7) is 0.131. The van der Waals surface area contributed by atoms with Crippen LogP contribution in [0, 0.1) is 10.1 Å². The summed E-state index contributed by atoms with van der Waals surface area (Å²) < 4.78 is 0.449. The minimum atomic E-state index is -0.565. The molecule has 0 bridgehead atoms. The van der Waals surface area contributed by atoms with Crippen LogP contribution in [-0.2, 0) is 6.54 Å². The van der Waals surface area contributed by atoms with Crippen LogP contribution >= 0.6 is 15.9 Å². The molecular weight excluding hydrogens is 340 g/mol. The molecular formula is C14H11BrN2O4. The smallest absolute Gasteiger partial charge is 0.271 e. The molecule has 0 aliphatic heterocycles. The van der Waals surface area contributed by atoms with E-state index in [4.69, 9.17) is 0 Å². The van der Waals surface area contributed by atoms with Crippen molar-refractivity contribution in [3.63, 3.8) is 0 Å². The van der Waals surface area contributed by atoms with E-state index in [9.17, 15) is 20.0 Å². The zero-order valence-corrected chi connectivity index (χ0v) is 12.3. The monoisotopic (exact) mass is 350 g/mol. The van der Waals surface area contributed by atoms with Crippen molar-refractivity contribution in [3.8, 4) is 5.75 Å². The molecule has 21 heavy (non-hydrogen) atoms. The molecule has 0 atom stereocenters. The molecule has 0 heterocycles. The van der Waals surface area contributed by atoms with Crippen LogP contribution in [0.25, 0.3) is 0 Å². The van der Waals surface area contributed by atoms with Gasteiger partial charge < -0.3 is 10.4 Å². The first-order valence-corrected chi connectivity index (χ1v) is 6.76. The van der Waals surface area contributed by atoms with Gasteiger partial charge in [0.05, 0.1) is 4.92 Å². The quantitative estimate of drug-likeness (QED) is 0.654. The van der Waals surface area contributed by atoms with E-state index in [0.29, 0.717) is 10.0 Å². The van der Waals surface area contributed by atoms with Gasteiger partial charge in [0.2, 0.25) is 0 Å². The summed E-state index contributed by atoms with van der Waals surface area (Å²) >= 11 is 3.13. The number of benzene rings is 2. The van der Waals surface area contributed by atoms with Crippen LogP contribution in [0.1, 0.15) is 15.9 Å². The zero-order valence-electron chi connectivity index (χ0n) is 10.7. The molecule has 108 valence electrons. The Hall–Kier alpha value is -2.41. The van der Waals surface area contributed by atoms with Crippen molar-refractivity contribution in [1.82, 2.24) is 5.32 Å². The Kier molecular flexibility index (Phi) is 4.54. The number of nitrogens with one attached hydrogen (secondary N) is 1. The Morgan fingerprint density at radius 1 is 1.29 bits per heavy atom. The van der Waals surface area contributed by atoms with E-state index in [0.717, 1.165) is 0 Å². The second kappa shape index (κ2) is 6.36. The Bertz CT molecular complexity index is 703. The minimum Gasteiger partial charge on any atom is -0.508 e. The van der Waals surface area contributed by atoms with Crippen molar-refractivity contribution in [2.24, 2.45) is 0 Å². The Balaban J connectivity index is 2.14. The van der Waals surface area contributed by atoms with Crippen molar-refractivity contribution in [3.05, 3.63) is 68.2 Å². The van der Waals surface area contributed by atoms with E-state index in [1.807, 2.05) is 0 Å². The van der Waals surface area contributed by atoms with Gasteiger partial charge in [-0.15, -0.1) is 0 Å². The van der Waals surface area contributed by atoms with E-state index in [-0.39, 0.29) is 23.5 Å². The summed E-state index contributed by atoms with van der Waals surface area (Å²) in [6, 6.07) is 10.6. The number of halogens is 1. The van der Waals surface area contributed by atoms with E-state index >= 15 is 0 Å². The topological polar surface area (TPSA) is 92.5 Å². The summed E-state index contributed by atoms with van der Waals surface area (Å²) in [7, 11) is 0. The van der Waals surface area contributed by atoms with Gasteiger partial charge in [-0.25, -0.2) is 0 Å². The molecule has 2 aromatic carbocycles. The molecule has 0 saturated heterocycles. The SMILES string of the molecule is O=C(NCc1ccccc1O)c1cc(Br)cc([N+](=O)[O-])c1. The average molecular weight is 351 g/mol.